The average Bonchev–Trinajstić information content (AvgIpc) is 3.91. The van der Waals surface area contributed by atoms with Crippen molar-refractivity contribution < 1.29 is 26.3 Å². The first-order valence-corrected chi connectivity index (χ1v) is 23.2. The highest BCUT2D eigenvalue weighted by Crippen LogP contribution is 2.47. The van der Waals surface area contributed by atoms with Crippen LogP contribution in [-0.2, 0) is 12.4 Å². The van der Waals surface area contributed by atoms with Gasteiger partial charge in [-0.25, -0.2) is 0 Å². The Balaban J connectivity index is 1.27. The van der Waals surface area contributed by atoms with Crippen molar-refractivity contribution in [1.29, 1.82) is 5.26 Å². The Morgan fingerprint density at radius 3 is 0.986 bits per heavy atom. The van der Waals surface area contributed by atoms with Crippen LogP contribution in [0.3, 0.4) is 0 Å². The summed E-state index contributed by atoms with van der Waals surface area (Å²) in [5, 5.41) is 14.6. The molecule has 0 aliphatic rings. The third-order valence-electron chi connectivity index (χ3n) is 13.6. The van der Waals surface area contributed by atoms with Gasteiger partial charge in [0.1, 0.15) is 0 Å². The summed E-state index contributed by atoms with van der Waals surface area (Å²) < 4.78 is 92.6. The fraction of sp³-hybridized carbons (Fsp3) is 0.0317. The van der Waals surface area contributed by atoms with E-state index < -0.39 is 29.0 Å². The van der Waals surface area contributed by atoms with Gasteiger partial charge < -0.3 is 9.13 Å². The first kappa shape index (κ1) is 44.1. The largest absolute Gasteiger partial charge is 0.417 e. The van der Waals surface area contributed by atoms with Crippen molar-refractivity contribution in [3.63, 3.8) is 0 Å². The van der Waals surface area contributed by atoms with Crippen LogP contribution in [0.2, 0.25) is 0 Å². The van der Waals surface area contributed by atoms with E-state index in [2.05, 4.69) is 59.2 Å². The van der Waals surface area contributed by atoms with Crippen LogP contribution in [0.5, 0.6) is 0 Å². The van der Waals surface area contributed by atoms with Crippen molar-refractivity contribution in [2.24, 2.45) is 0 Å². The minimum Gasteiger partial charge on any atom is -0.307 e. The molecular weight excluding hydrogens is 913 g/mol. The molecule has 10 aromatic carbocycles. The van der Waals surface area contributed by atoms with Crippen molar-refractivity contribution in [2.45, 2.75) is 12.4 Å². The van der Waals surface area contributed by atoms with Crippen LogP contribution in [0.25, 0.3) is 111 Å². The molecule has 0 saturated heterocycles. The molecule has 0 N–H and O–H groups in total. The number of nitriles is 1. The maximum atomic E-state index is 15.3. The molecule has 72 heavy (non-hydrogen) atoms. The zero-order chi connectivity index (χ0) is 49.3. The van der Waals surface area contributed by atoms with E-state index >= 15 is 13.2 Å². The summed E-state index contributed by atoms with van der Waals surface area (Å²) in [6, 6.07) is 71.1. The van der Waals surface area contributed by atoms with Crippen LogP contribution >= 0.6 is 0 Å². The first-order valence-electron chi connectivity index (χ1n) is 23.2. The van der Waals surface area contributed by atoms with E-state index in [-0.39, 0.29) is 17.2 Å². The van der Waals surface area contributed by atoms with Crippen LogP contribution in [0.1, 0.15) is 16.7 Å². The highest BCUT2D eigenvalue weighted by Gasteiger charge is 2.39. The van der Waals surface area contributed by atoms with E-state index in [0.717, 1.165) is 83.2 Å². The SMILES string of the molecule is N#Cc1cc(-n2c3cc(-c4ccccc4)ccc3c3ccc(-c4ccccc4)cc32)c(-n2c3cc(-c4ccccc4)ccc3c3ccc(-c4ccccc4)cc32)cc1-c1ccc(C(F)(F)F)cc1C(F)(F)F. The van der Waals surface area contributed by atoms with E-state index in [1.807, 2.05) is 150 Å². The number of halogens is 6. The van der Waals surface area contributed by atoms with Crippen molar-refractivity contribution in [3.8, 4) is 73.1 Å². The lowest BCUT2D eigenvalue weighted by molar-refractivity contribution is -0.142. The normalized spacial score (nSPS) is 12.0. The minimum atomic E-state index is -5.22. The molecule has 0 aliphatic carbocycles. The fourth-order valence-electron chi connectivity index (χ4n) is 10.2. The predicted octanol–water partition coefficient (Wildman–Crippen LogP) is 18.1. The maximum Gasteiger partial charge on any atom is 0.417 e. The van der Waals surface area contributed by atoms with Crippen molar-refractivity contribution in [1.82, 2.24) is 9.13 Å². The van der Waals surface area contributed by atoms with Gasteiger partial charge in [0.25, 0.3) is 0 Å². The van der Waals surface area contributed by atoms with Crippen LogP contribution in [-0.4, -0.2) is 9.13 Å². The molecule has 0 bridgehead atoms. The van der Waals surface area contributed by atoms with Gasteiger partial charge in [-0.15, -0.1) is 0 Å². The van der Waals surface area contributed by atoms with Gasteiger partial charge in [0.15, 0.2) is 0 Å². The van der Waals surface area contributed by atoms with Crippen LogP contribution < -0.4 is 0 Å². The smallest absolute Gasteiger partial charge is 0.307 e. The van der Waals surface area contributed by atoms with Gasteiger partial charge in [-0.2, -0.15) is 31.6 Å². The summed E-state index contributed by atoms with van der Waals surface area (Å²) in [7, 11) is 0. The van der Waals surface area contributed by atoms with E-state index in [9.17, 15) is 18.4 Å². The molecule has 0 saturated carbocycles. The predicted molar refractivity (Wildman–Crippen MR) is 277 cm³/mol. The lowest BCUT2D eigenvalue weighted by atomic mass is 9.92. The molecule has 0 amide bonds. The second kappa shape index (κ2) is 17.1. The molecule has 0 aliphatic heterocycles. The zero-order valence-electron chi connectivity index (χ0n) is 38.0. The highest BCUT2D eigenvalue weighted by molar-refractivity contribution is 6.14. The first-order chi connectivity index (χ1) is 34.9. The number of hydrogen-bond donors (Lipinski definition) is 0. The molecule has 0 atom stereocenters. The molecule has 346 valence electrons. The average molecular weight is 950 g/mol. The van der Waals surface area contributed by atoms with Crippen molar-refractivity contribution in [2.75, 3.05) is 0 Å². The van der Waals surface area contributed by atoms with Crippen LogP contribution in [0.15, 0.2) is 224 Å². The summed E-state index contributed by atoms with van der Waals surface area (Å²) in [6.45, 7) is 0. The zero-order valence-corrected chi connectivity index (χ0v) is 38.0. The number of nitrogens with zero attached hydrogens (tertiary/aromatic N) is 3. The van der Waals surface area contributed by atoms with Gasteiger partial charge in [-0.1, -0.05) is 176 Å². The summed E-state index contributed by atoms with van der Waals surface area (Å²) >= 11 is 0. The Morgan fingerprint density at radius 1 is 0.319 bits per heavy atom. The fourth-order valence-corrected chi connectivity index (χ4v) is 10.2. The maximum absolute atomic E-state index is 15.3. The van der Waals surface area contributed by atoms with Gasteiger partial charge in [-0.05, 0) is 98.6 Å². The van der Waals surface area contributed by atoms with Gasteiger partial charge >= 0.3 is 12.4 Å². The molecule has 0 unspecified atom stereocenters. The molecule has 2 aromatic heterocycles. The quantitative estimate of drug-likeness (QED) is 0.147. The van der Waals surface area contributed by atoms with E-state index in [4.69, 9.17) is 0 Å². The van der Waals surface area contributed by atoms with E-state index in [1.54, 1.807) is 12.1 Å². The Bertz CT molecular complexity index is 3920. The standard InChI is InChI=1S/C63H37F6N3/c64-62(65,66)48-25-30-49(55(36-48)63(67,68)69)54-37-61(72-58-33-45(41-17-9-3-10-18-41)23-28-52(58)53-29-24-46(34-59(53)72)42-19-11-4-12-20-42)60(35-47(54)38-70)71-56-31-43(39-13-5-1-6-14-39)21-26-50(56)51-27-22-44(32-57(51)71)40-15-7-2-8-16-40/h1-37H. The Morgan fingerprint density at radius 2 is 0.667 bits per heavy atom. The van der Waals surface area contributed by atoms with E-state index in [0.29, 0.717) is 28.5 Å². The molecule has 0 spiro atoms. The number of aromatic nitrogens is 2. The molecule has 3 nitrogen and oxygen atoms in total. The number of alkyl halides is 6. The lowest BCUT2D eigenvalue weighted by Gasteiger charge is -2.22. The summed E-state index contributed by atoms with van der Waals surface area (Å²) in [6.07, 6.45) is -10.3. The second-order valence-corrected chi connectivity index (χ2v) is 17.8. The minimum absolute atomic E-state index is 0.131. The molecule has 12 aromatic rings. The molecule has 0 fully saturated rings. The Kier molecular flexibility index (Phi) is 10.5. The third kappa shape index (κ3) is 7.56. The molecule has 9 heteroatoms. The van der Waals surface area contributed by atoms with Crippen molar-refractivity contribution >= 4 is 43.6 Å². The Hall–Kier alpha value is -9.13. The monoisotopic (exact) mass is 949 g/mol. The topological polar surface area (TPSA) is 33.6 Å². The molecular formula is C63H37F6N3. The molecule has 0 radical (unpaired) electrons. The van der Waals surface area contributed by atoms with Gasteiger partial charge in [-0.3, -0.25) is 0 Å². The summed E-state index contributed by atoms with van der Waals surface area (Å²) in [5.41, 5.74) is 7.30. The number of rotatable bonds is 7. The number of hydrogen-bond acceptors (Lipinski definition) is 1. The molecule has 12 rings (SSSR count). The van der Waals surface area contributed by atoms with Crippen LogP contribution in [0, 0.1) is 11.3 Å². The van der Waals surface area contributed by atoms with Crippen molar-refractivity contribution in [3.05, 3.63) is 241 Å². The number of benzene rings is 10. The molecule has 2 heterocycles. The third-order valence-corrected chi connectivity index (χ3v) is 13.6. The van der Waals surface area contributed by atoms with Gasteiger partial charge in [0.05, 0.1) is 56.2 Å². The highest BCUT2D eigenvalue weighted by atomic mass is 19.4. The summed E-state index contributed by atoms with van der Waals surface area (Å²) in [4.78, 5) is 0. The van der Waals surface area contributed by atoms with Crippen LogP contribution in [0.4, 0.5) is 26.3 Å². The van der Waals surface area contributed by atoms with E-state index in [1.165, 1.54) is 0 Å². The Labute approximate surface area is 409 Å². The number of fused-ring (bicyclic) bond motifs is 6. The van der Waals surface area contributed by atoms with Gasteiger partial charge in [0.2, 0.25) is 0 Å². The summed E-state index contributed by atoms with van der Waals surface area (Å²) in [5.74, 6) is 0. The lowest BCUT2D eigenvalue weighted by Crippen LogP contribution is -2.13. The second-order valence-electron chi connectivity index (χ2n) is 17.8. The van der Waals surface area contributed by atoms with Gasteiger partial charge in [0, 0.05) is 27.1 Å².